The van der Waals surface area contributed by atoms with E-state index in [2.05, 4.69) is 4.40 Å². The van der Waals surface area contributed by atoms with Crippen LogP contribution in [0, 0.1) is 0 Å². The van der Waals surface area contributed by atoms with E-state index in [1.807, 2.05) is 0 Å². The summed E-state index contributed by atoms with van der Waals surface area (Å²) in [5.41, 5.74) is 7.63. The third-order valence-corrected chi connectivity index (χ3v) is 2.97. The fourth-order valence-electron chi connectivity index (χ4n) is 1.11. The van der Waals surface area contributed by atoms with Crippen LogP contribution in [0.25, 0.3) is 0 Å². The molecule has 1 aromatic rings. The van der Waals surface area contributed by atoms with Crippen LogP contribution in [0.1, 0.15) is 5.56 Å². The van der Waals surface area contributed by atoms with Crippen LogP contribution in [-0.4, -0.2) is 14.3 Å². The molecule has 0 bridgehead atoms. The van der Waals surface area contributed by atoms with Gasteiger partial charge in [-0.1, -0.05) is 12.1 Å². The van der Waals surface area contributed by atoms with Gasteiger partial charge in [-0.25, -0.2) is 0 Å². The van der Waals surface area contributed by atoms with Gasteiger partial charge in [-0.3, -0.25) is 5.73 Å². The molecule has 5 heteroatoms. The van der Waals surface area contributed by atoms with E-state index in [0.717, 1.165) is 0 Å². The lowest BCUT2D eigenvalue weighted by Crippen LogP contribution is -1.96. The van der Waals surface area contributed by atoms with Gasteiger partial charge >= 0.3 is 0 Å². The van der Waals surface area contributed by atoms with Gasteiger partial charge in [0.2, 0.25) is 0 Å². The summed E-state index contributed by atoms with van der Waals surface area (Å²) in [5.74, 6) is -0.175. The number of hydrogen-bond donors (Lipinski definition) is 0. The highest BCUT2D eigenvalue weighted by atomic mass is 32.2. The number of hydrogen-bond acceptors (Lipinski definition) is 2. The van der Waals surface area contributed by atoms with E-state index in [0.29, 0.717) is 5.56 Å². The van der Waals surface area contributed by atoms with E-state index in [9.17, 15) is 8.42 Å². The zero-order valence-corrected chi connectivity index (χ0v) is 6.80. The number of nitrogens with one attached hydrogen (secondary N) is 1. The van der Waals surface area contributed by atoms with Crippen molar-refractivity contribution in [2.75, 3.05) is 0 Å². The van der Waals surface area contributed by atoms with Crippen molar-refractivity contribution in [1.29, 1.82) is 0 Å². The molecule has 61 valence electrons. The first kappa shape index (κ1) is 7.30. The Hall–Kier alpha value is -1.36. The largest absolute Gasteiger partial charge is 0.285 e. The molecule has 1 radical (unpaired) electrons. The third kappa shape index (κ3) is 0.831. The van der Waals surface area contributed by atoms with Crippen molar-refractivity contribution in [1.82, 2.24) is 5.73 Å². The smallest absolute Gasteiger partial charge is 0.282 e. The quantitative estimate of drug-likeness (QED) is 0.581. The summed E-state index contributed by atoms with van der Waals surface area (Å²) in [4.78, 5) is 0.134. The number of nitrogens with zero attached hydrogens (tertiary/aromatic N) is 1. The highest BCUT2D eigenvalue weighted by molar-refractivity contribution is 7.90. The van der Waals surface area contributed by atoms with E-state index in [-0.39, 0.29) is 10.7 Å². The van der Waals surface area contributed by atoms with Gasteiger partial charge in [0.25, 0.3) is 10.0 Å². The minimum Gasteiger partial charge on any atom is -0.282 e. The predicted molar refractivity (Wildman–Crippen MR) is 43.3 cm³/mol. The minimum atomic E-state index is -3.55. The first-order chi connectivity index (χ1) is 5.61. The monoisotopic (exact) mass is 181 g/mol. The molecule has 0 spiro atoms. The number of amidine groups is 1. The van der Waals surface area contributed by atoms with Crippen LogP contribution < -0.4 is 5.73 Å². The number of rotatable bonds is 0. The van der Waals surface area contributed by atoms with Crippen molar-refractivity contribution in [2.45, 2.75) is 4.90 Å². The summed E-state index contributed by atoms with van der Waals surface area (Å²) in [6.07, 6.45) is 0. The van der Waals surface area contributed by atoms with E-state index in [1.165, 1.54) is 6.07 Å². The zero-order chi connectivity index (χ0) is 8.77. The van der Waals surface area contributed by atoms with Crippen molar-refractivity contribution in [3.8, 4) is 0 Å². The maximum Gasteiger partial charge on any atom is 0.285 e. The van der Waals surface area contributed by atoms with E-state index in [1.54, 1.807) is 18.2 Å². The molecule has 12 heavy (non-hydrogen) atoms. The first-order valence-corrected chi connectivity index (χ1v) is 4.71. The maximum atomic E-state index is 11.2. The summed E-state index contributed by atoms with van der Waals surface area (Å²) >= 11 is 0. The molecule has 0 saturated heterocycles. The van der Waals surface area contributed by atoms with Gasteiger partial charge in [-0.05, 0) is 12.1 Å². The van der Waals surface area contributed by atoms with Crippen LogP contribution in [0.5, 0.6) is 0 Å². The number of sulfonamides is 1. The topological polar surface area (TPSA) is 70.3 Å². The molecule has 0 fully saturated rings. The predicted octanol–water partition coefficient (Wildman–Crippen LogP) is 0.418. The Morgan fingerprint density at radius 2 is 1.92 bits per heavy atom. The van der Waals surface area contributed by atoms with Crippen molar-refractivity contribution in [2.24, 2.45) is 4.40 Å². The van der Waals surface area contributed by atoms with Crippen LogP contribution in [0.4, 0.5) is 0 Å². The number of benzene rings is 1. The summed E-state index contributed by atoms with van der Waals surface area (Å²) in [7, 11) is -3.55. The second-order valence-corrected chi connectivity index (χ2v) is 3.98. The molecular weight excluding hydrogens is 176 g/mol. The molecule has 2 rings (SSSR count). The molecular formula is C7H5N2O2S. The molecule has 0 saturated carbocycles. The Morgan fingerprint density at radius 1 is 1.25 bits per heavy atom. The summed E-state index contributed by atoms with van der Waals surface area (Å²) < 4.78 is 25.6. The van der Waals surface area contributed by atoms with Crippen LogP contribution in [0.2, 0.25) is 0 Å². The van der Waals surface area contributed by atoms with Gasteiger partial charge in [-0.2, -0.15) is 8.42 Å². The molecule has 4 nitrogen and oxygen atoms in total. The second kappa shape index (κ2) is 2.07. The second-order valence-electron chi connectivity index (χ2n) is 2.41. The zero-order valence-electron chi connectivity index (χ0n) is 5.98. The standard InChI is InChI=1S/C7H5N2O2S/c8-7-5-3-1-2-4-6(5)12(10,11)9-7/h1-4,8H. The first-order valence-electron chi connectivity index (χ1n) is 3.27. The van der Waals surface area contributed by atoms with Gasteiger partial charge in [0, 0.05) is 5.56 Å². The normalized spacial score (nSPS) is 18.5. The molecule has 1 aliphatic rings. The van der Waals surface area contributed by atoms with E-state index in [4.69, 9.17) is 5.73 Å². The van der Waals surface area contributed by atoms with E-state index < -0.39 is 10.0 Å². The Morgan fingerprint density at radius 3 is 2.58 bits per heavy atom. The van der Waals surface area contributed by atoms with Gasteiger partial charge in [0.1, 0.15) is 4.90 Å². The van der Waals surface area contributed by atoms with Gasteiger partial charge < -0.3 is 0 Å². The summed E-state index contributed by atoms with van der Waals surface area (Å²) in [6, 6.07) is 6.33. The van der Waals surface area contributed by atoms with Gasteiger partial charge in [0.15, 0.2) is 5.84 Å². The highest BCUT2D eigenvalue weighted by Crippen LogP contribution is 2.23. The summed E-state index contributed by atoms with van der Waals surface area (Å²) in [6.45, 7) is 0. The lowest BCUT2D eigenvalue weighted by atomic mass is 10.2. The van der Waals surface area contributed by atoms with Crippen LogP contribution in [0.3, 0.4) is 0 Å². The third-order valence-electron chi connectivity index (χ3n) is 1.63. The molecule has 0 aliphatic carbocycles. The fraction of sp³-hybridized carbons (Fsp3) is 0. The molecule has 0 unspecified atom stereocenters. The Balaban J connectivity index is 2.86. The molecule has 1 N–H and O–H groups in total. The highest BCUT2D eigenvalue weighted by Gasteiger charge is 2.26. The van der Waals surface area contributed by atoms with Crippen LogP contribution >= 0.6 is 0 Å². The minimum absolute atomic E-state index is 0.134. The molecule has 1 aliphatic heterocycles. The van der Waals surface area contributed by atoms with Crippen molar-refractivity contribution >= 4 is 15.9 Å². The van der Waals surface area contributed by atoms with Gasteiger partial charge in [-0.15, -0.1) is 4.40 Å². The Labute approximate surface area is 69.8 Å². The van der Waals surface area contributed by atoms with Crippen molar-refractivity contribution in [3.63, 3.8) is 0 Å². The average molecular weight is 181 g/mol. The maximum absolute atomic E-state index is 11.2. The van der Waals surface area contributed by atoms with Crippen molar-refractivity contribution < 1.29 is 8.42 Å². The van der Waals surface area contributed by atoms with Crippen LogP contribution in [0.15, 0.2) is 33.6 Å². The number of fused-ring (bicyclic) bond motifs is 1. The van der Waals surface area contributed by atoms with Crippen LogP contribution in [-0.2, 0) is 10.0 Å². The molecule has 0 aromatic heterocycles. The average Bonchev–Trinajstić information content (AvgIpc) is 2.25. The lowest BCUT2D eigenvalue weighted by molar-refractivity contribution is 0.599. The summed E-state index contributed by atoms with van der Waals surface area (Å²) in [5, 5.41) is 0. The lowest BCUT2D eigenvalue weighted by Gasteiger charge is -1.93. The fourth-order valence-corrected chi connectivity index (χ4v) is 2.24. The molecule has 0 atom stereocenters. The van der Waals surface area contributed by atoms with E-state index >= 15 is 0 Å². The Kier molecular flexibility index (Phi) is 1.26. The SMILES string of the molecule is [NH]C1=NS(=O)(=O)c2ccccc21. The molecule has 0 amide bonds. The molecule has 1 heterocycles. The van der Waals surface area contributed by atoms with Crippen molar-refractivity contribution in [3.05, 3.63) is 29.8 Å². The Bertz CT molecular complexity index is 462. The van der Waals surface area contributed by atoms with Gasteiger partial charge in [0.05, 0.1) is 0 Å². The molecule has 1 aromatic carbocycles.